The van der Waals surface area contributed by atoms with Gasteiger partial charge in [0.15, 0.2) is 0 Å². The Labute approximate surface area is 139 Å². The van der Waals surface area contributed by atoms with Crippen LogP contribution in [0.3, 0.4) is 0 Å². The molecule has 0 amide bonds. The van der Waals surface area contributed by atoms with Crippen molar-refractivity contribution in [3.05, 3.63) is 30.3 Å². The Morgan fingerprint density at radius 3 is 1.76 bits per heavy atom. The van der Waals surface area contributed by atoms with Crippen LogP contribution in [0.2, 0.25) is 13.3 Å². The second-order valence-electron chi connectivity index (χ2n) is 6.26. The average molecular weight is 413 g/mol. The molecule has 1 aromatic rings. The Morgan fingerprint density at radius 2 is 1.24 bits per heavy atom. The van der Waals surface area contributed by atoms with Crippen LogP contribution < -0.4 is 0 Å². The molecule has 0 fully saturated rings. The van der Waals surface area contributed by atoms with Crippen molar-refractivity contribution in [1.29, 1.82) is 0 Å². The predicted octanol–water partition coefficient (Wildman–Crippen LogP) is 7.51. The van der Waals surface area contributed by atoms with Gasteiger partial charge in [-0.2, -0.15) is 0 Å². The third-order valence-electron chi connectivity index (χ3n) is 4.29. The van der Waals surface area contributed by atoms with E-state index in [-0.39, 0.29) is 0 Å². The summed E-state index contributed by atoms with van der Waals surface area (Å²) >= 11 is -2.06. The first-order valence-corrected chi connectivity index (χ1v) is 19.4. The molecule has 0 atom stereocenters. The van der Waals surface area contributed by atoms with E-state index in [0.717, 1.165) is 0 Å². The summed E-state index contributed by atoms with van der Waals surface area (Å²) in [6.45, 7) is 7.05. The summed E-state index contributed by atoms with van der Waals surface area (Å²) in [5.74, 6) is 0. The van der Waals surface area contributed by atoms with Crippen LogP contribution in [0.4, 0.5) is 0 Å². The molecule has 0 saturated carbocycles. The molecule has 0 aliphatic heterocycles. The molecule has 0 spiro atoms. The van der Waals surface area contributed by atoms with Gasteiger partial charge in [-0.1, -0.05) is 0 Å². The fourth-order valence-corrected chi connectivity index (χ4v) is 25.4. The van der Waals surface area contributed by atoms with E-state index in [4.69, 9.17) is 0 Å². The van der Waals surface area contributed by atoms with Crippen molar-refractivity contribution in [3.63, 3.8) is 0 Å². The van der Waals surface area contributed by atoms with E-state index in [0.29, 0.717) is 0 Å². The molecule has 120 valence electrons. The predicted molar refractivity (Wildman–Crippen MR) is 102 cm³/mol. The van der Waals surface area contributed by atoms with Gasteiger partial charge in [0.1, 0.15) is 0 Å². The number of hydrogen-bond donors (Lipinski definition) is 0. The second kappa shape index (κ2) is 11.9. The van der Waals surface area contributed by atoms with Crippen LogP contribution in [0.15, 0.2) is 35.2 Å². The zero-order valence-corrected chi connectivity index (χ0v) is 18.0. The zero-order valence-electron chi connectivity index (χ0n) is 14.4. The summed E-state index contributed by atoms with van der Waals surface area (Å²) in [4.78, 5) is 1.55. The van der Waals surface area contributed by atoms with Gasteiger partial charge in [0.2, 0.25) is 0 Å². The molecule has 0 aromatic heterocycles. The quantitative estimate of drug-likeness (QED) is 0.252. The fourth-order valence-electron chi connectivity index (χ4n) is 2.96. The van der Waals surface area contributed by atoms with Gasteiger partial charge in [-0.15, -0.1) is 0 Å². The third-order valence-corrected chi connectivity index (χ3v) is 25.9. The van der Waals surface area contributed by atoms with Crippen LogP contribution in [0.5, 0.6) is 0 Å². The summed E-state index contributed by atoms with van der Waals surface area (Å²) in [6, 6.07) is 11.3. The van der Waals surface area contributed by atoms with Crippen molar-refractivity contribution < 1.29 is 0 Å². The monoisotopic (exact) mass is 414 g/mol. The van der Waals surface area contributed by atoms with E-state index < -0.39 is 17.0 Å². The Hall–Kier alpha value is 0.369. The van der Waals surface area contributed by atoms with E-state index in [1.165, 1.54) is 44.9 Å². The number of rotatable bonds is 12. The Balaban J connectivity index is 2.79. The van der Waals surface area contributed by atoms with Gasteiger partial charge in [-0.3, -0.25) is 0 Å². The first-order chi connectivity index (χ1) is 10.3. The van der Waals surface area contributed by atoms with E-state index in [2.05, 4.69) is 60.0 Å². The van der Waals surface area contributed by atoms with Gasteiger partial charge in [0, 0.05) is 0 Å². The molecule has 0 aliphatic carbocycles. The van der Waals surface area contributed by atoms with Gasteiger partial charge in [0.25, 0.3) is 0 Å². The minimum absolute atomic E-state index is 1.36. The summed E-state index contributed by atoms with van der Waals surface area (Å²) in [5.41, 5.74) is 0. The summed E-state index contributed by atoms with van der Waals surface area (Å²) in [5, 5.41) is 0. The van der Waals surface area contributed by atoms with E-state index >= 15 is 0 Å². The van der Waals surface area contributed by atoms with E-state index in [1.54, 1.807) is 18.2 Å². The van der Waals surface area contributed by atoms with Crippen LogP contribution in [-0.2, 0) is 0 Å². The number of benzene rings is 1. The van der Waals surface area contributed by atoms with Gasteiger partial charge < -0.3 is 0 Å². The van der Waals surface area contributed by atoms with Crippen molar-refractivity contribution in [2.75, 3.05) is 0 Å². The average Bonchev–Trinajstić information content (AvgIpc) is 2.52. The fraction of sp³-hybridized carbons (Fsp3) is 0.684. The van der Waals surface area contributed by atoms with Gasteiger partial charge >= 0.3 is 140 Å². The first-order valence-electron chi connectivity index (χ1n) is 9.00. The molecule has 0 nitrogen and oxygen atoms in total. The van der Waals surface area contributed by atoms with Crippen LogP contribution in [0.25, 0.3) is 0 Å². The Kier molecular flexibility index (Phi) is 11.0. The molecule has 0 saturated heterocycles. The summed E-state index contributed by atoms with van der Waals surface area (Å²) in [6.07, 6.45) is 9.95. The van der Waals surface area contributed by atoms with Crippen LogP contribution >= 0.6 is 8.95 Å². The van der Waals surface area contributed by atoms with Crippen molar-refractivity contribution in [1.82, 2.24) is 0 Å². The zero-order chi connectivity index (χ0) is 15.4. The molecular weight excluding hydrogens is 379 g/mol. The molecule has 1 aromatic carbocycles. The summed E-state index contributed by atoms with van der Waals surface area (Å²) < 4.78 is 4.78. The maximum atomic E-state index is 2.38. The SMILES string of the molecule is CCCC[CH2][Sn]([CH2]CCC)([CH2]CCC)[S]c1ccccc1. The normalized spacial score (nSPS) is 11.8. The molecule has 0 unspecified atom stereocenters. The van der Waals surface area contributed by atoms with Crippen molar-refractivity contribution in [3.8, 4) is 0 Å². The standard InChI is InChI=1S/C6H6S.C5H11.2C4H9.Sn/c7-6-4-2-1-3-5-6;1-3-5-4-2;2*1-3-4-2;/h1-5,7H;1,3-5H2,2H3;2*1,3-4H2,2H3;/q;;;;+1/p-1. The molecule has 0 N–H and O–H groups in total. The first kappa shape index (κ1) is 19.4. The van der Waals surface area contributed by atoms with Crippen LogP contribution in [-0.4, -0.2) is 17.0 Å². The number of unbranched alkanes of at least 4 members (excludes halogenated alkanes) is 4. The van der Waals surface area contributed by atoms with Gasteiger partial charge in [-0.05, 0) is 0 Å². The van der Waals surface area contributed by atoms with Gasteiger partial charge in [-0.25, -0.2) is 0 Å². The Bertz CT molecular complexity index is 342. The third kappa shape index (κ3) is 7.97. The minimum atomic E-state index is -2.06. The maximum absolute atomic E-state index is 2.38. The van der Waals surface area contributed by atoms with Crippen molar-refractivity contribution in [2.45, 2.75) is 83.9 Å². The molecule has 2 heteroatoms. The Morgan fingerprint density at radius 1 is 0.714 bits per heavy atom. The second-order valence-corrected chi connectivity index (χ2v) is 25.5. The molecule has 21 heavy (non-hydrogen) atoms. The van der Waals surface area contributed by atoms with Crippen LogP contribution in [0.1, 0.15) is 65.7 Å². The molecule has 0 aliphatic rings. The van der Waals surface area contributed by atoms with E-state index in [9.17, 15) is 0 Å². The summed E-state index contributed by atoms with van der Waals surface area (Å²) in [7, 11) is 2.38. The molecule has 0 bridgehead atoms. The molecule has 0 heterocycles. The van der Waals surface area contributed by atoms with Crippen LogP contribution in [0, 0.1) is 0 Å². The van der Waals surface area contributed by atoms with Gasteiger partial charge in [0.05, 0.1) is 0 Å². The molecular formula is C19H34SSn. The number of hydrogen-bond acceptors (Lipinski definition) is 1. The topological polar surface area (TPSA) is 0 Å². The molecule has 0 radical (unpaired) electrons. The van der Waals surface area contributed by atoms with Crippen molar-refractivity contribution in [2.24, 2.45) is 0 Å². The van der Waals surface area contributed by atoms with E-state index in [1.807, 2.05) is 0 Å². The van der Waals surface area contributed by atoms with Crippen molar-refractivity contribution >= 4 is 25.9 Å². The molecule has 1 rings (SSSR count).